The number of anilines is 1. The van der Waals surface area contributed by atoms with Gasteiger partial charge < -0.3 is 9.88 Å². The minimum atomic E-state index is -0.103. The van der Waals surface area contributed by atoms with Crippen molar-refractivity contribution >= 4 is 22.4 Å². The van der Waals surface area contributed by atoms with Crippen molar-refractivity contribution in [3.8, 4) is 0 Å². The number of hydrogen-bond acceptors (Lipinski definition) is 3. The first-order valence-corrected chi connectivity index (χ1v) is 9.29. The highest BCUT2D eigenvalue weighted by Crippen LogP contribution is 2.22. The average Bonchev–Trinajstić information content (AvgIpc) is 3.11. The lowest BCUT2D eigenvalue weighted by molar-refractivity contribution is 0.0831. The van der Waals surface area contributed by atoms with Crippen molar-refractivity contribution in [3.63, 3.8) is 0 Å². The van der Waals surface area contributed by atoms with Gasteiger partial charge in [0.2, 0.25) is 0 Å². The number of fused-ring (bicyclic) bond motifs is 1. The Morgan fingerprint density at radius 3 is 2.58 bits per heavy atom. The van der Waals surface area contributed by atoms with Gasteiger partial charge in [0.05, 0.1) is 6.04 Å². The Bertz CT molecular complexity index is 922. The highest BCUT2D eigenvalue weighted by Gasteiger charge is 2.27. The summed E-state index contributed by atoms with van der Waals surface area (Å²) in [7, 11) is 0. The molecule has 1 unspecified atom stereocenters. The van der Waals surface area contributed by atoms with E-state index in [9.17, 15) is 4.79 Å². The van der Waals surface area contributed by atoms with Gasteiger partial charge in [0.1, 0.15) is 0 Å². The fourth-order valence-electron chi connectivity index (χ4n) is 3.86. The lowest BCUT2D eigenvalue weighted by Gasteiger charge is -2.38. The van der Waals surface area contributed by atoms with Crippen molar-refractivity contribution in [2.24, 2.45) is 0 Å². The van der Waals surface area contributed by atoms with E-state index in [1.807, 2.05) is 37.4 Å². The van der Waals surface area contributed by atoms with Crippen molar-refractivity contribution in [2.45, 2.75) is 19.9 Å². The molecule has 0 bridgehead atoms. The third kappa shape index (κ3) is 3.13. The Morgan fingerprint density at radius 1 is 1.04 bits per heavy atom. The fourth-order valence-corrected chi connectivity index (χ4v) is 3.86. The zero-order valence-electron chi connectivity index (χ0n) is 15.4. The largest absolute Gasteiger partial charge is 0.369 e. The molecule has 1 N–H and O–H groups in total. The van der Waals surface area contributed by atoms with E-state index in [0.29, 0.717) is 0 Å². The smallest absolute Gasteiger partial charge is 0.181 e. The van der Waals surface area contributed by atoms with Crippen LogP contribution in [0.4, 0.5) is 5.69 Å². The Balaban J connectivity index is 1.45. The number of nitrogens with one attached hydrogen (secondary N) is 1. The molecule has 0 amide bonds. The minimum Gasteiger partial charge on any atom is -0.369 e. The van der Waals surface area contributed by atoms with E-state index in [4.69, 9.17) is 0 Å². The van der Waals surface area contributed by atoms with Gasteiger partial charge >= 0.3 is 0 Å². The Morgan fingerprint density at radius 2 is 1.81 bits per heavy atom. The Kier molecular flexibility index (Phi) is 4.51. The number of ketones is 1. The normalized spacial score (nSPS) is 16.8. The highest BCUT2D eigenvalue weighted by atomic mass is 16.1. The number of aryl methyl sites for hydroxylation is 1. The number of nitrogens with zero attached hydrogens (tertiary/aromatic N) is 2. The number of hydrogen-bond donors (Lipinski definition) is 1. The second-order valence-electron chi connectivity index (χ2n) is 7.15. The van der Waals surface area contributed by atoms with E-state index in [0.717, 1.165) is 42.6 Å². The topological polar surface area (TPSA) is 39.3 Å². The summed E-state index contributed by atoms with van der Waals surface area (Å²) < 4.78 is 0. The molecule has 2 heterocycles. The van der Waals surface area contributed by atoms with E-state index < -0.39 is 0 Å². The highest BCUT2D eigenvalue weighted by molar-refractivity contribution is 6.10. The number of rotatable bonds is 4. The van der Waals surface area contributed by atoms with Gasteiger partial charge in [-0.3, -0.25) is 9.69 Å². The molecule has 2 aromatic carbocycles. The average molecular weight is 347 g/mol. The summed E-state index contributed by atoms with van der Waals surface area (Å²) in [6.07, 6.45) is 1.85. The Labute approximate surface area is 154 Å². The van der Waals surface area contributed by atoms with Gasteiger partial charge in [0.15, 0.2) is 5.78 Å². The maximum atomic E-state index is 13.0. The quantitative estimate of drug-likeness (QED) is 0.728. The molecule has 1 aliphatic rings. The van der Waals surface area contributed by atoms with Gasteiger partial charge in [0, 0.05) is 54.5 Å². The van der Waals surface area contributed by atoms with E-state index in [2.05, 4.69) is 46.0 Å². The summed E-state index contributed by atoms with van der Waals surface area (Å²) in [5.74, 6) is 0.200. The van der Waals surface area contributed by atoms with Gasteiger partial charge in [-0.2, -0.15) is 0 Å². The molecule has 3 aromatic rings. The first-order chi connectivity index (χ1) is 12.6. The van der Waals surface area contributed by atoms with Crippen LogP contribution in [0.2, 0.25) is 0 Å². The van der Waals surface area contributed by atoms with Crippen LogP contribution in [0.25, 0.3) is 10.9 Å². The van der Waals surface area contributed by atoms with Crippen LogP contribution in [0.3, 0.4) is 0 Å². The number of piperazine rings is 1. The van der Waals surface area contributed by atoms with Crippen LogP contribution >= 0.6 is 0 Å². The number of carbonyl (C=O) groups excluding carboxylic acids is 1. The van der Waals surface area contributed by atoms with E-state index in [1.54, 1.807) is 0 Å². The number of carbonyl (C=O) groups is 1. The standard InChI is InChI=1S/C22H25N3O/c1-16-6-5-7-18(14-16)25-12-10-24(11-13-25)17(2)22(26)20-15-23-21-9-4-3-8-19(20)21/h3-9,14-15,17,23H,10-13H2,1-2H3. The predicted octanol–water partition coefficient (Wildman–Crippen LogP) is 3.87. The van der Waals surface area contributed by atoms with Crippen LogP contribution < -0.4 is 4.90 Å². The van der Waals surface area contributed by atoms with E-state index in [1.165, 1.54) is 11.3 Å². The molecule has 0 radical (unpaired) electrons. The second kappa shape index (κ2) is 6.96. The monoisotopic (exact) mass is 347 g/mol. The zero-order valence-corrected chi connectivity index (χ0v) is 15.4. The summed E-state index contributed by atoms with van der Waals surface area (Å²) >= 11 is 0. The summed E-state index contributed by atoms with van der Waals surface area (Å²) in [4.78, 5) is 21.0. The van der Waals surface area contributed by atoms with Crippen molar-refractivity contribution in [1.29, 1.82) is 0 Å². The second-order valence-corrected chi connectivity index (χ2v) is 7.15. The summed E-state index contributed by atoms with van der Waals surface area (Å²) in [6, 6.07) is 16.5. The molecule has 4 rings (SSSR count). The summed E-state index contributed by atoms with van der Waals surface area (Å²) in [5, 5.41) is 1.02. The van der Waals surface area contributed by atoms with Crippen LogP contribution in [0.15, 0.2) is 54.7 Å². The third-order valence-electron chi connectivity index (χ3n) is 5.46. The van der Waals surface area contributed by atoms with Gasteiger partial charge in [-0.15, -0.1) is 0 Å². The fraction of sp³-hybridized carbons (Fsp3) is 0.318. The van der Waals surface area contributed by atoms with Gasteiger partial charge in [-0.1, -0.05) is 30.3 Å². The maximum absolute atomic E-state index is 13.0. The molecule has 1 fully saturated rings. The number of aromatic amines is 1. The summed E-state index contributed by atoms with van der Waals surface area (Å²) in [5.41, 5.74) is 4.38. The molecule has 0 aliphatic carbocycles. The molecule has 4 heteroatoms. The van der Waals surface area contributed by atoms with Crippen molar-refractivity contribution < 1.29 is 4.79 Å². The van der Waals surface area contributed by atoms with E-state index >= 15 is 0 Å². The van der Waals surface area contributed by atoms with Crippen LogP contribution in [0.1, 0.15) is 22.8 Å². The van der Waals surface area contributed by atoms with Crippen LogP contribution in [-0.2, 0) is 0 Å². The molecule has 0 saturated carbocycles. The molecule has 1 saturated heterocycles. The summed E-state index contributed by atoms with van der Waals surface area (Å²) in [6.45, 7) is 7.88. The first kappa shape index (κ1) is 16.9. The van der Waals surface area contributed by atoms with E-state index in [-0.39, 0.29) is 11.8 Å². The molecule has 134 valence electrons. The van der Waals surface area contributed by atoms with Gasteiger partial charge in [-0.05, 0) is 37.6 Å². The molecule has 1 aromatic heterocycles. The first-order valence-electron chi connectivity index (χ1n) is 9.29. The molecule has 1 aliphatic heterocycles. The zero-order chi connectivity index (χ0) is 18.1. The number of benzene rings is 2. The molecule has 4 nitrogen and oxygen atoms in total. The van der Waals surface area contributed by atoms with Crippen LogP contribution in [0, 0.1) is 6.92 Å². The SMILES string of the molecule is Cc1cccc(N2CCN(C(C)C(=O)c3c[nH]c4ccccc34)CC2)c1. The molecular weight excluding hydrogens is 322 g/mol. The van der Waals surface area contributed by atoms with Crippen molar-refractivity contribution in [1.82, 2.24) is 9.88 Å². The molecule has 1 atom stereocenters. The predicted molar refractivity (Wildman–Crippen MR) is 107 cm³/mol. The van der Waals surface area contributed by atoms with Crippen LogP contribution in [-0.4, -0.2) is 47.9 Å². The van der Waals surface area contributed by atoms with Gasteiger partial charge in [0.25, 0.3) is 0 Å². The lowest BCUT2D eigenvalue weighted by atomic mass is 10.0. The molecule has 0 spiro atoms. The molecule has 26 heavy (non-hydrogen) atoms. The maximum Gasteiger partial charge on any atom is 0.181 e. The number of H-pyrrole nitrogens is 1. The van der Waals surface area contributed by atoms with Crippen LogP contribution in [0.5, 0.6) is 0 Å². The number of Topliss-reactive ketones (excluding diaryl/α,β-unsaturated/α-hetero) is 1. The number of para-hydroxylation sites is 1. The minimum absolute atomic E-state index is 0.103. The Hall–Kier alpha value is -2.59. The molecular formula is C22H25N3O. The van der Waals surface area contributed by atoms with Gasteiger partial charge in [-0.25, -0.2) is 0 Å². The number of aromatic nitrogens is 1. The van der Waals surface area contributed by atoms with Crippen molar-refractivity contribution in [3.05, 3.63) is 65.9 Å². The lowest BCUT2D eigenvalue weighted by Crippen LogP contribution is -2.51. The third-order valence-corrected chi connectivity index (χ3v) is 5.46. The van der Waals surface area contributed by atoms with Crippen molar-refractivity contribution in [2.75, 3.05) is 31.1 Å².